The van der Waals surface area contributed by atoms with Crippen LogP contribution in [-0.2, 0) is 0 Å². The number of halogens is 1. The number of ether oxygens (including phenoxy) is 3. The summed E-state index contributed by atoms with van der Waals surface area (Å²) in [6.07, 6.45) is 1.78. The fourth-order valence-corrected chi connectivity index (χ4v) is 2.58. The minimum Gasteiger partial charge on any atom is -0.494 e. The van der Waals surface area contributed by atoms with Crippen molar-refractivity contribution in [2.45, 2.75) is 6.92 Å². The van der Waals surface area contributed by atoms with Crippen molar-refractivity contribution in [2.75, 3.05) is 20.8 Å². The second kappa shape index (κ2) is 7.84. The largest absolute Gasteiger partial charge is 0.494 e. The molecule has 0 aromatic heterocycles. The normalized spacial score (nSPS) is 10.7. The lowest BCUT2D eigenvalue weighted by atomic mass is 10.2. The monoisotopic (exact) mass is 363 g/mol. The Morgan fingerprint density at radius 2 is 1.82 bits per heavy atom. The predicted octanol–water partition coefficient (Wildman–Crippen LogP) is 4.62. The number of hydrogen-bond donors (Lipinski definition) is 0. The maximum Gasteiger partial charge on any atom is 0.174 e. The zero-order valence-corrected chi connectivity index (χ0v) is 14.4. The molecule has 5 heteroatoms. The molecule has 2 aromatic rings. The Kier molecular flexibility index (Phi) is 5.83. The number of nitrogens with zero attached hydrogens (tertiary/aromatic N) is 1. The van der Waals surface area contributed by atoms with Crippen molar-refractivity contribution in [3.8, 4) is 17.2 Å². The Balaban J connectivity index is 2.20. The molecule has 0 fully saturated rings. The van der Waals surface area contributed by atoms with Crippen LogP contribution < -0.4 is 14.2 Å². The van der Waals surface area contributed by atoms with Crippen LogP contribution in [0.5, 0.6) is 17.2 Å². The SMILES string of the molecule is CCOc1ccc(N=Cc2cc(Br)c(OC)c(OC)c2)cc1. The molecule has 0 N–H and O–H groups in total. The minimum atomic E-state index is 0.655. The van der Waals surface area contributed by atoms with E-state index in [1.54, 1.807) is 20.4 Å². The molecule has 4 nitrogen and oxygen atoms in total. The van der Waals surface area contributed by atoms with E-state index in [0.717, 1.165) is 21.5 Å². The second-order valence-electron chi connectivity index (χ2n) is 4.42. The van der Waals surface area contributed by atoms with Crippen molar-refractivity contribution in [2.24, 2.45) is 4.99 Å². The van der Waals surface area contributed by atoms with Crippen molar-refractivity contribution in [3.63, 3.8) is 0 Å². The smallest absolute Gasteiger partial charge is 0.174 e. The van der Waals surface area contributed by atoms with Gasteiger partial charge in [0.2, 0.25) is 0 Å². The van der Waals surface area contributed by atoms with Crippen LogP contribution in [0, 0.1) is 0 Å². The third kappa shape index (κ3) is 4.01. The average Bonchev–Trinajstić information content (AvgIpc) is 2.54. The zero-order chi connectivity index (χ0) is 15.9. The second-order valence-corrected chi connectivity index (χ2v) is 5.28. The fourth-order valence-electron chi connectivity index (χ4n) is 1.96. The molecule has 2 aromatic carbocycles. The van der Waals surface area contributed by atoms with Crippen LogP contribution in [-0.4, -0.2) is 27.0 Å². The Bertz CT molecular complexity index is 654. The van der Waals surface area contributed by atoms with Crippen LogP contribution in [0.4, 0.5) is 5.69 Å². The molecule has 0 aliphatic heterocycles. The first kappa shape index (κ1) is 16.4. The van der Waals surface area contributed by atoms with Gasteiger partial charge in [0.25, 0.3) is 0 Å². The van der Waals surface area contributed by atoms with E-state index in [4.69, 9.17) is 14.2 Å². The highest BCUT2D eigenvalue weighted by atomic mass is 79.9. The van der Waals surface area contributed by atoms with Crippen molar-refractivity contribution in [1.82, 2.24) is 0 Å². The van der Waals surface area contributed by atoms with Crippen LogP contribution in [0.1, 0.15) is 12.5 Å². The molecular weight excluding hydrogens is 346 g/mol. The first-order chi connectivity index (χ1) is 10.7. The van der Waals surface area contributed by atoms with E-state index in [1.165, 1.54) is 0 Å². The number of methoxy groups -OCH3 is 2. The van der Waals surface area contributed by atoms with E-state index in [9.17, 15) is 0 Å². The summed E-state index contributed by atoms with van der Waals surface area (Å²) >= 11 is 3.47. The Morgan fingerprint density at radius 1 is 1.09 bits per heavy atom. The van der Waals surface area contributed by atoms with E-state index < -0.39 is 0 Å². The lowest BCUT2D eigenvalue weighted by Crippen LogP contribution is -1.93. The standard InChI is InChI=1S/C17H18BrNO3/c1-4-22-14-7-5-13(6-8-14)19-11-12-9-15(18)17(21-3)16(10-12)20-2/h5-11H,4H2,1-3H3. The summed E-state index contributed by atoms with van der Waals surface area (Å²) in [6, 6.07) is 11.4. The number of aliphatic imine (C=N–C) groups is 1. The number of hydrogen-bond acceptors (Lipinski definition) is 4. The van der Waals surface area contributed by atoms with Crippen LogP contribution in [0.3, 0.4) is 0 Å². The molecule has 0 atom stereocenters. The molecule has 22 heavy (non-hydrogen) atoms. The van der Waals surface area contributed by atoms with Gasteiger partial charge >= 0.3 is 0 Å². The lowest BCUT2D eigenvalue weighted by Gasteiger charge is -2.10. The van der Waals surface area contributed by atoms with Gasteiger partial charge in [0.1, 0.15) is 5.75 Å². The summed E-state index contributed by atoms with van der Waals surface area (Å²) in [5, 5.41) is 0. The van der Waals surface area contributed by atoms with Gasteiger partial charge in [0.05, 0.1) is 31.0 Å². The van der Waals surface area contributed by atoms with E-state index in [-0.39, 0.29) is 0 Å². The van der Waals surface area contributed by atoms with Crippen LogP contribution in [0.2, 0.25) is 0 Å². The maximum atomic E-state index is 5.41. The molecule has 2 rings (SSSR count). The molecule has 0 aliphatic carbocycles. The van der Waals surface area contributed by atoms with Gasteiger partial charge in [-0.3, -0.25) is 4.99 Å². The Morgan fingerprint density at radius 3 is 2.41 bits per heavy atom. The maximum absolute atomic E-state index is 5.41. The predicted molar refractivity (Wildman–Crippen MR) is 92.1 cm³/mol. The highest BCUT2D eigenvalue weighted by Gasteiger charge is 2.09. The quantitative estimate of drug-likeness (QED) is 0.703. The molecule has 0 radical (unpaired) electrons. The summed E-state index contributed by atoms with van der Waals surface area (Å²) in [6.45, 7) is 2.61. The van der Waals surface area contributed by atoms with Crippen molar-refractivity contribution >= 4 is 27.8 Å². The lowest BCUT2D eigenvalue weighted by molar-refractivity contribution is 0.340. The molecule has 116 valence electrons. The molecular formula is C17H18BrNO3. The highest BCUT2D eigenvalue weighted by molar-refractivity contribution is 9.10. The summed E-state index contributed by atoms with van der Waals surface area (Å²) in [7, 11) is 3.22. The van der Waals surface area contributed by atoms with Crippen molar-refractivity contribution in [3.05, 3.63) is 46.4 Å². The first-order valence-corrected chi connectivity index (χ1v) is 7.65. The van der Waals surface area contributed by atoms with Gasteiger partial charge < -0.3 is 14.2 Å². The molecule has 0 unspecified atom stereocenters. The fraction of sp³-hybridized carbons (Fsp3) is 0.235. The van der Waals surface area contributed by atoms with E-state index >= 15 is 0 Å². The van der Waals surface area contributed by atoms with E-state index in [1.807, 2.05) is 43.3 Å². The zero-order valence-electron chi connectivity index (χ0n) is 12.8. The topological polar surface area (TPSA) is 40.0 Å². The third-order valence-electron chi connectivity index (χ3n) is 2.97. The summed E-state index contributed by atoms with van der Waals surface area (Å²) in [4.78, 5) is 4.45. The van der Waals surface area contributed by atoms with Crippen LogP contribution >= 0.6 is 15.9 Å². The molecule has 0 heterocycles. The van der Waals surface area contributed by atoms with Gasteiger partial charge in [-0.2, -0.15) is 0 Å². The summed E-state index contributed by atoms with van der Waals surface area (Å²) < 4.78 is 16.8. The van der Waals surface area contributed by atoms with E-state index in [0.29, 0.717) is 18.1 Å². The van der Waals surface area contributed by atoms with Gasteiger partial charge in [-0.25, -0.2) is 0 Å². The number of rotatable bonds is 6. The Labute approximate surface area is 138 Å². The van der Waals surface area contributed by atoms with Gasteiger partial charge in [0.15, 0.2) is 11.5 Å². The van der Waals surface area contributed by atoms with Crippen LogP contribution in [0.15, 0.2) is 45.9 Å². The molecule has 0 bridgehead atoms. The average molecular weight is 364 g/mol. The molecule has 0 spiro atoms. The minimum absolute atomic E-state index is 0.655. The summed E-state index contributed by atoms with van der Waals surface area (Å²) in [5.74, 6) is 2.17. The molecule has 0 aliphatic rings. The highest BCUT2D eigenvalue weighted by Crippen LogP contribution is 2.35. The Hall–Kier alpha value is -2.01. The van der Waals surface area contributed by atoms with Crippen molar-refractivity contribution in [1.29, 1.82) is 0 Å². The van der Waals surface area contributed by atoms with Gasteiger partial charge in [-0.15, -0.1) is 0 Å². The van der Waals surface area contributed by atoms with Crippen LogP contribution in [0.25, 0.3) is 0 Å². The first-order valence-electron chi connectivity index (χ1n) is 6.86. The molecule has 0 saturated carbocycles. The van der Waals surface area contributed by atoms with Gasteiger partial charge in [0, 0.05) is 6.21 Å². The molecule has 0 amide bonds. The summed E-state index contributed by atoms with van der Waals surface area (Å²) in [5.41, 5.74) is 1.77. The molecule has 0 saturated heterocycles. The van der Waals surface area contributed by atoms with Gasteiger partial charge in [-0.1, -0.05) is 0 Å². The van der Waals surface area contributed by atoms with Crippen molar-refractivity contribution < 1.29 is 14.2 Å². The van der Waals surface area contributed by atoms with E-state index in [2.05, 4.69) is 20.9 Å². The number of benzene rings is 2. The third-order valence-corrected chi connectivity index (χ3v) is 3.56. The van der Waals surface area contributed by atoms with Gasteiger partial charge in [-0.05, 0) is 64.8 Å².